The van der Waals surface area contributed by atoms with E-state index in [1.807, 2.05) is 30.2 Å². The number of aryl methyl sites for hydroxylation is 1. The van der Waals surface area contributed by atoms with Gasteiger partial charge in [0.05, 0.1) is 0 Å². The number of rotatable bonds is 3. The molecule has 28 heavy (non-hydrogen) atoms. The van der Waals surface area contributed by atoms with Crippen LogP contribution >= 0.6 is 0 Å². The number of oxazole rings is 1. The van der Waals surface area contributed by atoms with Gasteiger partial charge in [-0.15, -0.1) is 0 Å². The summed E-state index contributed by atoms with van der Waals surface area (Å²) in [6.45, 7) is 5.06. The van der Waals surface area contributed by atoms with E-state index in [1.54, 1.807) is 6.20 Å². The third-order valence-electron chi connectivity index (χ3n) is 5.70. The van der Waals surface area contributed by atoms with E-state index in [0.717, 1.165) is 31.6 Å². The zero-order chi connectivity index (χ0) is 19.1. The van der Waals surface area contributed by atoms with Gasteiger partial charge < -0.3 is 14.2 Å². The predicted octanol–water partition coefficient (Wildman–Crippen LogP) is 3.08. The summed E-state index contributed by atoms with van der Waals surface area (Å²) in [4.78, 5) is 30.1. The average molecular weight is 377 g/mol. The van der Waals surface area contributed by atoms with Gasteiger partial charge in [-0.3, -0.25) is 9.78 Å². The Hall–Kier alpha value is -2.96. The van der Waals surface area contributed by atoms with Gasteiger partial charge in [-0.25, -0.2) is 4.98 Å². The van der Waals surface area contributed by atoms with E-state index in [0.29, 0.717) is 42.7 Å². The van der Waals surface area contributed by atoms with Crippen molar-refractivity contribution in [2.45, 2.75) is 39.3 Å². The van der Waals surface area contributed by atoms with Crippen LogP contribution in [0.3, 0.4) is 0 Å². The Morgan fingerprint density at radius 1 is 1.29 bits per heavy atom. The molecule has 1 atom stereocenters. The maximum absolute atomic E-state index is 12.9. The minimum absolute atomic E-state index is 0.222. The smallest absolute Gasteiger partial charge is 0.299 e. The molecule has 0 aromatic carbocycles. The molecule has 144 valence electrons. The molecular weight excluding hydrogens is 354 g/mol. The summed E-state index contributed by atoms with van der Waals surface area (Å²) in [7, 11) is 0. The lowest BCUT2D eigenvalue weighted by atomic mass is 9.94. The number of fused-ring (bicyclic) bond motifs is 2. The number of aromatic nitrogens is 3. The zero-order valence-electron chi connectivity index (χ0n) is 16.0. The Morgan fingerprint density at radius 2 is 2.18 bits per heavy atom. The number of piperidine rings is 1. The van der Waals surface area contributed by atoms with Gasteiger partial charge in [-0.2, -0.15) is 4.98 Å². The maximum atomic E-state index is 12.9. The first-order chi connectivity index (χ1) is 13.7. The summed E-state index contributed by atoms with van der Waals surface area (Å²) in [6.07, 6.45) is 6.28. The molecule has 0 bridgehead atoms. The van der Waals surface area contributed by atoms with Crippen molar-refractivity contribution >= 4 is 23.2 Å². The van der Waals surface area contributed by atoms with E-state index in [1.165, 1.54) is 11.1 Å². The third-order valence-corrected chi connectivity index (χ3v) is 5.70. The van der Waals surface area contributed by atoms with E-state index in [4.69, 9.17) is 4.42 Å². The van der Waals surface area contributed by atoms with E-state index in [9.17, 15) is 4.79 Å². The second kappa shape index (κ2) is 6.89. The molecule has 1 saturated heterocycles. The van der Waals surface area contributed by atoms with Crippen molar-refractivity contribution in [1.29, 1.82) is 0 Å². The predicted molar refractivity (Wildman–Crippen MR) is 105 cm³/mol. The molecule has 7 nitrogen and oxygen atoms in total. The van der Waals surface area contributed by atoms with E-state index in [2.05, 4.69) is 25.9 Å². The molecule has 2 aliphatic rings. The molecule has 0 saturated carbocycles. The SMILES string of the molecule is Cc1cc2c(cn1)CN(C(=O)CC1CCCN(c3nc4ncccc4o3)C1)C2. The normalized spacial score (nSPS) is 19.2. The number of hydrogen-bond donors (Lipinski definition) is 0. The largest absolute Gasteiger partial charge is 0.422 e. The molecule has 3 aromatic heterocycles. The Bertz CT molecular complexity index is 998. The highest BCUT2D eigenvalue weighted by atomic mass is 16.4. The standard InChI is InChI=1S/C21H23N5O2/c1-14-8-16-12-26(13-17(16)10-23-14)19(27)9-15-4-3-7-25(11-15)21-24-20-18(28-21)5-2-6-22-20/h2,5-6,8,10,15H,3-4,7,9,11-13H2,1H3. The number of carbonyl (C=O) groups excluding carboxylic acids is 1. The number of amides is 1. The van der Waals surface area contributed by atoms with Crippen LogP contribution in [-0.4, -0.2) is 38.8 Å². The quantitative estimate of drug-likeness (QED) is 0.698. The molecule has 1 amide bonds. The third kappa shape index (κ3) is 3.21. The van der Waals surface area contributed by atoms with Gasteiger partial charge in [-0.05, 0) is 55.0 Å². The van der Waals surface area contributed by atoms with Crippen LogP contribution in [0.1, 0.15) is 36.1 Å². The number of anilines is 1. The van der Waals surface area contributed by atoms with Crippen molar-refractivity contribution in [1.82, 2.24) is 19.9 Å². The summed E-state index contributed by atoms with van der Waals surface area (Å²) in [5.74, 6) is 0.535. The lowest BCUT2D eigenvalue weighted by molar-refractivity contribution is -0.132. The highest BCUT2D eigenvalue weighted by molar-refractivity contribution is 5.77. The monoisotopic (exact) mass is 377 g/mol. The van der Waals surface area contributed by atoms with Crippen molar-refractivity contribution < 1.29 is 9.21 Å². The molecule has 1 fully saturated rings. The van der Waals surface area contributed by atoms with Crippen molar-refractivity contribution in [3.8, 4) is 0 Å². The van der Waals surface area contributed by atoms with Crippen LogP contribution in [0.15, 0.2) is 35.0 Å². The van der Waals surface area contributed by atoms with Crippen LogP contribution in [0.5, 0.6) is 0 Å². The van der Waals surface area contributed by atoms with Crippen LogP contribution in [0, 0.1) is 12.8 Å². The van der Waals surface area contributed by atoms with Gasteiger partial charge in [0.1, 0.15) is 0 Å². The molecule has 0 spiro atoms. The topological polar surface area (TPSA) is 75.4 Å². The van der Waals surface area contributed by atoms with Crippen LogP contribution in [-0.2, 0) is 17.9 Å². The number of pyridine rings is 2. The molecule has 5 heterocycles. The molecule has 5 rings (SSSR count). The van der Waals surface area contributed by atoms with Crippen molar-refractivity contribution in [2.24, 2.45) is 5.92 Å². The summed E-state index contributed by atoms with van der Waals surface area (Å²) in [6, 6.07) is 6.43. The summed E-state index contributed by atoms with van der Waals surface area (Å²) in [5.41, 5.74) is 4.74. The molecule has 3 aromatic rings. The zero-order valence-corrected chi connectivity index (χ0v) is 16.0. The Labute approximate surface area is 163 Å². The first kappa shape index (κ1) is 17.2. The Kier molecular flexibility index (Phi) is 4.22. The van der Waals surface area contributed by atoms with Gasteiger partial charge in [0.15, 0.2) is 5.58 Å². The molecule has 1 unspecified atom stereocenters. The van der Waals surface area contributed by atoms with Crippen LogP contribution in [0.4, 0.5) is 6.01 Å². The molecule has 7 heteroatoms. The minimum atomic E-state index is 0.222. The second-order valence-electron chi connectivity index (χ2n) is 7.82. The van der Waals surface area contributed by atoms with Crippen LogP contribution in [0.25, 0.3) is 11.2 Å². The van der Waals surface area contributed by atoms with Crippen molar-refractivity contribution in [3.05, 3.63) is 47.4 Å². The number of hydrogen-bond acceptors (Lipinski definition) is 6. The first-order valence-corrected chi connectivity index (χ1v) is 9.84. The Morgan fingerprint density at radius 3 is 3.07 bits per heavy atom. The fraction of sp³-hybridized carbons (Fsp3) is 0.429. The molecular formula is C21H23N5O2. The van der Waals surface area contributed by atoms with Gasteiger partial charge in [0.25, 0.3) is 6.01 Å². The first-order valence-electron chi connectivity index (χ1n) is 9.84. The fourth-order valence-electron chi connectivity index (χ4n) is 4.25. The fourth-order valence-corrected chi connectivity index (χ4v) is 4.25. The lowest BCUT2D eigenvalue weighted by Gasteiger charge is -2.32. The van der Waals surface area contributed by atoms with Crippen LogP contribution in [0.2, 0.25) is 0 Å². The number of nitrogens with zero attached hydrogens (tertiary/aromatic N) is 5. The average Bonchev–Trinajstić information content (AvgIpc) is 3.32. The highest BCUT2D eigenvalue weighted by Gasteiger charge is 2.29. The second-order valence-corrected chi connectivity index (χ2v) is 7.82. The molecule has 0 aliphatic carbocycles. The highest BCUT2D eigenvalue weighted by Crippen LogP contribution is 2.29. The van der Waals surface area contributed by atoms with Gasteiger partial charge >= 0.3 is 0 Å². The molecule has 2 aliphatic heterocycles. The molecule has 0 N–H and O–H groups in total. The van der Waals surface area contributed by atoms with Gasteiger partial charge in [0, 0.05) is 50.7 Å². The van der Waals surface area contributed by atoms with Crippen LogP contribution < -0.4 is 4.90 Å². The summed E-state index contributed by atoms with van der Waals surface area (Å²) in [5, 5.41) is 0. The van der Waals surface area contributed by atoms with E-state index < -0.39 is 0 Å². The number of carbonyl (C=O) groups is 1. The summed E-state index contributed by atoms with van der Waals surface area (Å²) >= 11 is 0. The van der Waals surface area contributed by atoms with Gasteiger partial charge in [-0.1, -0.05) is 0 Å². The van der Waals surface area contributed by atoms with E-state index >= 15 is 0 Å². The van der Waals surface area contributed by atoms with E-state index in [-0.39, 0.29) is 5.91 Å². The van der Waals surface area contributed by atoms with Crippen molar-refractivity contribution in [3.63, 3.8) is 0 Å². The maximum Gasteiger partial charge on any atom is 0.299 e. The Balaban J connectivity index is 1.24. The lowest BCUT2D eigenvalue weighted by Crippen LogP contribution is -2.38. The van der Waals surface area contributed by atoms with Gasteiger partial charge in [0.2, 0.25) is 11.6 Å². The molecule has 0 radical (unpaired) electrons. The minimum Gasteiger partial charge on any atom is -0.422 e. The van der Waals surface area contributed by atoms with Crippen molar-refractivity contribution in [2.75, 3.05) is 18.0 Å². The summed E-state index contributed by atoms with van der Waals surface area (Å²) < 4.78 is 5.86.